The summed E-state index contributed by atoms with van der Waals surface area (Å²) in [5, 5.41) is 16.0. The van der Waals surface area contributed by atoms with Crippen molar-refractivity contribution in [1.29, 1.82) is 5.26 Å². The average molecular weight is 620 g/mol. The molecule has 1 aliphatic carbocycles. The van der Waals surface area contributed by atoms with Crippen molar-refractivity contribution in [2.75, 3.05) is 4.90 Å². The lowest BCUT2D eigenvalue weighted by atomic mass is 9.77. The molecule has 0 radical (unpaired) electrons. The number of aromatic nitrogens is 2. The van der Waals surface area contributed by atoms with Crippen molar-refractivity contribution in [3.8, 4) is 11.8 Å². The summed E-state index contributed by atoms with van der Waals surface area (Å²) in [7, 11) is 0. The Bertz CT molecular complexity index is 1780. The number of thiophene rings is 1. The number of alkyl halides is 1. The van der Waals surface area contributed by atoms with Crippen molar-refractivity contribution in [3.63, 3.8) is 0 Å². The van der Waals surface area contributed by atoms with Crippen LogP contribution in [0.2, 0.25) is 10.2 Å². The van der Waals surface area contributed by atoms with E-state index in [-0.39, 0.29) is 17.4 Å². The summed E-state index contributed by atoms with van der Waals surface area (Å²) in [6.45, 7) is 6.27. The quantitative estimate of drug-likeness (QED) is 0.166. The van der Waals surface area contributed by atoms with Gasteiger partial charge in [-0.1, -0.05) is 73.5 Å². The molecule has 1 saturated heterocycles. The third-order valence-corrected chi connectivity index (χ3v) is 10.2. The lowest BCUT2D eigenvalue weighted by molar-refractivity contribution is -0.123. The minimum absolute atomic E-state index is 0.204. The first-order valence-corrected chi connectivity index (χ1v) is 15.1. The summed E-state index contributed by atoms with van der Waals surface area (Å²) < 4.78 is 1.73. The highest BCUT2D eigenvalue weighted by molar-refractivity contribution is 7.17. The van der Waals surface area contributed by atoms with E-state index in [9.17, 15) is 10.1 Å². The number of aryl methyl sites for hydroxylation is 1. The Hall–Kier alpha value is -3.34. The molecule has 1 fully saturated rings. The van der Waals surface area contributed by atoms with Crippen LogP contribution >= 0.6 is 46.1 Å². The molecule has 0 N–H and O–H groups in total. The predicted molar refractivity (Wildman–Crippen MR) is 168 cm³/mol. The zero-order chi connectivity index (χ0) is 29.1. The number of hydrogen-bond donors (Lipinski definition) is 0. The van der Waals surface area contributed by atoms with Gasteiger partial charge in [0.05, 0.1) is 23.0 Å². The van der Waals surface area contributed by atoms with Gasteiger partial charge in [0.25, 0.3) is 0 Å². The van der Waals surface area contributed by atoms with Gasteiger partial charge in [-0.3, -0.25) is 9.69 Å². The van der Waals surface area contributed by atoms with Crippen molar-refractivity contribution in [3.05, 3.63) is 109 Å². The van der Waals surface area contributed by atoms with Crippen LogP contribution in [0.3, 0.4) is 0 Å². The number of benzene rings is 2. The van der Waals surface area contributed by atoms with E-state index < -0.39 is 5.38 Å². The van der Waals surface area contributed by atoms with Crippen molar-refractivity contribution in [2.24, 2.45) is 0 Å². The molecule has 2 aromatic carbocycles. The van der Waals surface area contributed by atoms with E-state index in [1.54, 1.807) is 21.7 Å². The van der Waals surface area contributed by atoms with E-state index in [1.165, 1.54) is 11.3 Å². The summed E-state index contributed by atoms with van der Waals surface area (Å²) in [4.78, 5) is 15.8. The Balaban J connectivity index is 1.38. The van der Waals surface area contributed by atoms with E-state index >= 15 is 0 Å². The smallest absolute Gasteiger partial charge is 0.248 e. The van der Waals surface area contributed by atoms with Gasteiger partial charge in [0.15, 0.2) is 0 Å². The van der Waals surface area contributed by atoms with Crippen LogP contribution in [-0.2, 0) is 10.2 Å². The molecule has 5 nitrogen and oxygen atoms in total. The van der Waals surface area contributed by atoms with Gasteiger partial charge in [-0.05, 0) is 60.9 Å². The maximum Gasteiger partial charge on any atom is 0.248 e. The van der Waals surface area contributed by atoms with Gasteiger partial charge in [0, 0.05) is 26.4 Å². The second-order valence-corrected chi connectivity index (χ2v) is 13.2. The number of β-lactam (4-membered cyclic amide) rings is 1. The lowest BCUT2D eigenvalue weighted by Gasteiger charge is -2.44. The summed E-state index contributed by atoms with van der Waals surface area (Å²) >= 11 is 20.9. The molecule has 0 bridgehead atoms. The number of amides is 1. The fourth-order valence-corrected chi connectivity index (χ4v) is 7.77. The zero-order valence-corrected chi connectivity index (χ0v) is 25.6. The molecule has 9 heteroatoms. The first-order chi connectivity index (χ1) is 19.6. The van der Waals surface area contributed by atoms with Crippen LogP contribution in [0.1, 0.15) is 59.1 Å². The van der Waals surface area contributed by atoms with E-state index in [0.717, 1.165) is 44.9 Å². The number of para-hydroxylation sites is 1. The third-order valence-electron chi connectivity index (χ3n) is 7.60. The van der Waals surface area contributed by atoms with E-state index in [2.05, 4.69) is 37.2 Å². The van der Waals surface area contributed by atoms with E-state index in [4.69, 9.17) is 34.8 Å². The lowest BCUT2D eigenvalue weighted by Crippen LogP contribution is -2.56. The minimum atomic E-state index is -0.700. The average Bonchev–Trinajstić information content (AvgIpc) is 3.47. The number of carbonyl (C=O) groups excluding carboxylic acids is 1. The fourth-order valence-electron chi connectivity index (χ4n) is 5.57. The zero-order valence-electron chi connectivity index (χ0n) is 22.5. The van der Waals surface area contributed by atoms with Crippen molar-refractivity contribution < 1.29 is 4.79 Å². The highest BCUT2D eigenvalue weighted by Gasteiger charge is 2.50. The van der Waals surface area contributed by atoms with Gasteiger partial charge in [0.2, 0.25) is 5.91 Å². The van der Waals surface area contributed by atoms with Crippen LogP contribution in [0, 0.1) is 18.3 Å². The summed E-state index contributed by atoms with van der Waals surface area (Å²) in [6, 6.07) is 19.1. The molecule has 2 unspecified atom stereocenters. The van der Waals surface area contributed by atoms with Gasteiger partial charge in [-0.2, -0.15) is 10.4 Å². The Morgan fingerprint density at radius 1 is 1.10 bits per heavy atom. The Morgan fingerprint density at radius 2 is 1.80 bits per heavy atom. The molecule has 2 aromatic heterocycles. The summed E-state index contributed by atoms with van der Waals surface area (Å²) in [5.41, 5.74) is 5.59. The number of hydrogen-bond acceptors (Lipinski definition) is 4. The Labute approximate surface area is 257 Å². The van der Waals surface area contributed by atoms with Gasteiger partial charge in [-0.15, -0.1) is 22.9 Å². The van der Waals surface area contributed by atoms with Crippen LogP contribution in [-0.4, -0.2) is 21.1 Å². The molecule has 3 heterocycles. The molecule has 41 heavy (non-hydrogen) atoms. The standard InChI is InChI=1S/C32H25Cl3N4OS/c1-18-23(29(35)39(37-18)22-7-5-4-6-8-22)14-9-19-15-24-25(17-36)31(41-28(24)32(2,3)16-19)38-27(26(34)30(38)40)20-10-12-21(33)13-11-20/h4-15,26-27H,16H2,1-3H3/b14-9-. The molecule has 206 valence electrons. The number of nitriles is 1. The fraction of sp³-hybridized carbons (Fsp3) is 0.219. The van der Waals surface area contributed by atoms with Crippen molar-refractivity contribution in [2.45, 2.75) is 44.0 Å². The summed E-state index contributed by atoms with van der Waals surface area (Å²) in [5.74, 6) is -0.204. The van der Waals surface area contributed by atoms with Crippen molar-refractivity contribution >= 4 is 69.2 Å². The van der Waals surface area contributed by atoms with E-state index in [0.29, 0.717) is 20.7 Å². The normalized spacial score (nSPS) is 19.6. The van der Waals surface area contributed by atoms with E-state index in [1.807, 2.05) is 55.5 Å². The molecule has 1 amide bonds. The molecular weight excluding hydrogens is 595 g/mol. The molecule has 6 rings (SSSR count). The number of allylic oxidation sites excluding steroid dienone is 2. The van der Waals surface area contributed by atoms with Crippen LogP contribution in [0.15, 0.2) is 66.2 Å². The van der Waals surface area contributed by atoms with Crippen LogP contribution < -0.4 is 4.90 Å². The maximum atomic E-state index is 13.1. The van der Waals surface area contributed by atoms with Gasteiger partial charge >= 0.3 is 0 Å². The maximum absolute atomic E-state index is 13.1. The first kappa shape index (κ1) is 27.8. The van der Waals surface area contributed by atoms with Crippen LogP contribution in [0.5, 0.6) is 0 Å². The predicted octanol–water partition coefficient (Wildman–Crippen LogP) is 8.89. The number of anilines is 1. The second kappa shape index (κ2) is 10.5. The highest BCUT2D eigenvalue weighted by atomic mass is 35.5. The molecule has 2 atom stereocenters. The van der Waals surface area contributed by atoms with Gasteiger partial charge in [-0.25, -0.2) is 4.68 Å². The molecule has 0 saturated carbocycles. The minimum Gasteiger partial charge on any atom is -0.292 e. The topological polar surface area (TPSA) is 61.9 Å². The Morgan fingerprint density at radius 3 is 2.49 bits per heavy atom. The monoisotopic (exact) mass is 618 g/mol. The first-order valence-electron chi connectivity index (χ1n) is 13.1. The summed E-state index contributed by atoms with van der Waals surface area (Å²) in [6.07, 6.45) is 6.86. The second-order valence-electron chi connectivity index (χ2n) is 10.9. The third kappa shape index (κ3) is 4.71. The number of rotatable bonds is 5. The van der Waals surface area contributed by atoms with Crippen LogP contribution in [0.25, 0.3) is 17.8 Å². The largest absolute Gasteiger partial charge is 0.292 e. The molecule has 4 aromatic rings. The van der Waals surface area contributed by atoms with Gasteiger partial charge < -0.3 is 0 Å². The number of fused-ring (bicyclic) bond motifs is 1. The SMILES string of the molecule is Cc1nn(-c2ccccc2)c(Cl)c1/C=C\C1=Cc2c(sc(N3C(=O)C(Cl)C3c3ccc(Cl)cc3)c2C#N)C(C)(C)C1. The number of nitrogens with zero attached hydrogens (tertiary/aromatic N) is 4. The van der Waals surface area contributed by atoms with Crippen LogP contribution in [0.4, 0.5) is 5.00 Å². The Kier molecular flexibility index (Phi) is 7.12. The van der Waals surface area contributed by atoms with Gasteiger partial charge in [0.1, 0.15) is 21.6 Å². The highest BCUT2D eigenvalue weighted by Crippen LogP contribution is 2.53. The van der Waals surface area contributed by atoms with Crippen molar-refractivity contribution in [1.82, 2.24) is 9.78 Å². The molecule has 0 spiro atoms. The number of carbonyl (C=O) groups is 1. The molecule has 2 aliphatic rings. The number of halogens is 3. The molecule has 1 aliphatic heterocycles. The molecular formula is C32H25Cl3N4OS.